The fourth-order valence-electron chi connectivity index (χ4n) is 7.34. The van der Waals surface area contributed by atoms with Gasteiger partial charge in [0.2, 0.25) is 5.69 Å². The Morgan fingerprint density at radius 1 is 0.698 bits per heavy atom. The second-order valence-corrected chi connectivity index (χ2v) is 13.6. The number of rotatable bonds is 7. The van der Waals surface area contributed by atoms with Gasteiger partial charge in [0.25, 0.3) is 0 Å². The highest BCUT2D eigenvalue weighted by Gasteiger charge is 2.44. The molecule has 6 rings (SSSR count). The average molecular weight is 566 g/mol. The van der Waals surface area contributed by atoms with Gasteiger partial charge in [-0.25, -0.2) is 0 Å². The smallest absolute Gasteiger partial charge is 0.210 e. The lowest BCUT2D eigenvalue weighted by Gasteiger charge is -2.27. The van der Waals surface area contributed by atoms with E-state index < -0.39 is 0 Å². The van der Waals surface area contributed by atoms with Crippen LogP contribution in [0.2, 0.25) is 0 Å². The molecule has 0 radical (unpaired) electrons. The summed E-state index contributed by atoms with van der Waals surface area (Å²) in [6.45, 7) is 15.1. The normalized spacial score (nSPS) is 18.5. The minimum Gasteiger partial charge on any atom is -0.344 e. The minimum absolute atomic E-state index is 0.0672. The third-order valence-corrected chi connectivity index (χ3v) is 9.53. The fraction of sp³-hybridized carbons (Fsp3) is 0.293. The van der Waals surface area contributed by atoms with Crippen molar-refractivity contribution >= 4 is 38.6 Å². The van der Waals surface area contributed by atoms with E-state index in [0.717, 1.165) is 13.0 Å². The Morgan fingerprint density at radius 2 is 1.30 bits per heavy atom. The topological polar surface area (TPSA) is 6.25 Å². The summed E-state index contributed by atoms with van der Waals surface area (Å²) in [5.41, 5.74) is 8.06. The Labute approximate surface area is 258 Å². The van der Waals surface area contributed by atoms with Gasteiger partial charge >= 0.3 is 0 Å². The first-order valence-electron chi connectivity index (χ1n) is 15.8. The quantitative estimate of drug-likeness (QED) is 0.160. The Balaban J connectivity index is 1.24. The molecule has 2 heteroatoms. The molecule has 0 bridgehead atoms. The minimum atomic E-state index is -0.0738. The van der Waals surface area contributed by atoms with Gasteiger partial charge in [0.15, 0.2) is 5.71 Å². The van der Waals surface area contributed by atoms with E-state index in [-0.39, 0.29) is 10.8 Å². The summed E-state index contributed by atoms with van der Waals surface area (Å²) in [6, 6.07) is 26.7. The van der Waals surface area contributed by atoms with Crippen molar-refractivity contribution in [1.82, 2.24) is 0 Å². The van der Waals surface area contributed by atoms with Gasteiger partial charge in [0, 0.05) is 41.1 Å². The van der Waals surface area contributed by atoms with Crippen LogP contribution in [0.25, 0.3) is 21.5 Å². The summed E-state index contributed by atoms with van der Waals surface area (Å²) in [5, 5.41) is 5.33. The molecule has 4 aromatic carbocycles. The molecule has 0 spiro atoms. The zero-order valence-corrected chi connectivity index (χ0v) is 26.9. The first-order valence-corrected chi connectivity index (χ1v) is 15.8. The lowest BCUT2D eigenvalue weighted by molar-refractivity contribution is -0.401. The maximum absolute atomic E-state index is 2.56. The standard InChI is InChI=1S/C41H45N2/c1-29(2)27-28-43-35-26-24-31-18-14-16-20-33(31)39(35)41(5,6)37(43)22-12-10-8-9-11-21-36-40(3,4)38-32-19-15-13-17-30(32)23-25-34(38)42(36)7/h8-26,29H,27-28H2,1-7H3/q+1. The maximum atomic E-state index is 2.56. The predicted octanol–water partition coefficient (Wildman–Crippen LogP) is 10.4. The molecule has 4 aromatic rings. The van der Waals surface area contributed by atoms with Crippen molar-refractivity contribution in [3.63, 3.8) is 0 Å². The van der Waals surface area contributed by atoms with E-state index in [0.29, 0.717) is 5.92 Å². The summed E-state index contributed by atoms with van der Waals surface area (Å²) >= 11 is 0. The Morgan fingerprint density at radius 3 is 2.00 bits per heavy atom. The van der Waals surface area contributed by atoms with Crippen molar-refractivity contribution < 1.29 is 4.58 Å². The molecule has 2 aliphatic rings. The van der Waals surface area contributed by atoms with Crippen molar-refractivity contribution in [3.8, 4) is 0 Å². The summed E-state index contributed by atoms with van der Waals surface area (Å²) in [4.78, 5) is 2.56. The second-order valence-electron chi connectivity index (χ2n) is 13.6. The van der Waals surface area contributed by atoms with Gasteiger partial charge in [-0.15, -0.1) is 0 Å². The first kappa shape index (κ1) is 28.9. The summed E-state index contributed by atoms with van der Waals surface area (Å²) in [7, 11) is 2.19. The SMILES string of the molecule is CC(C)CCN1/C(=C/C=C/C=C/C=C/C2=[N+](C)c3ccc4ccccc4c3C2(C)C)C(C)(C)c2c1ccc1ccccc21. The van der Waals surface area contributed by atoms with Crippen molar-refractivity contribution in [2.24, 2.45) is 5.92 Å². The summed E-state index contributed by atoms with van der Waals surface area (Å²) in [5.74, 6) is 0.660. The molecule has 0 aliphatic carbocycles. The number of hydrogen-bond acceptors (Lipinski definition) is 1. The van der Waals surface area contributed by atoms with E-state index >= 15 is 0 Å². The lowest BCUT2D eigenvalue weighted by atomic mass is 9.79. The number of anilines is 1. The third kappa shape index (κ3) is 4.97. The summed E-state index contributed by atoms with van der Waals surface area (Å²) < 4.78 is 2.35. The highest BCUT2D eigenvalue weighted by Crippen LogP contribution is 2.51. The second kappa shape index (κ2) is 11.2. The van der Waals surface area contributed by atoms with Crippen LogP contribution in [0.5, 0.6) is 0 Å². The fourth-order valence-corrected chi connectivity index (χ4v) is 7.34. The van der Waals surface area contributed by atoms with E-state index in [9.17, 15) is 0 Å². The predicted molar refractivity (Wildman–Crippen MR) is 187 cm³/mol. The molecule has 0 saturated carbocycles. The molecule has 2 nitrogen and oxygen atoms in total. The molecule has 0 atom stereocenters. The number of fused-ring (bicyclic) bond motifs is 6. The molecule has 43 heavy (non-hydrogen) atoms. The van der Waals surface area contributed by atoms with E-state index in [1.807, 2.05) is 0 Å². The van der Waals surface area contributed by atoms with Crippen molar-refractivity contribution in [2.75, 3.05) is 18.5 Å². The van der Waals surface area contributed by atoms with Gasteiger partial charge in [-0.05, 0) is 71.5 Å². The van der Waals surface area contributed by atoms with Gasteiger partial charge < -0.3 is 4.90 Å². The molecule has 0 aromatic heterocycles. The van der Waals surface area contributed by atoms with E-state index in [4.69, 9.17) is 0 Å². The van der Waals surface area contributed by atoms with Gasteiger partial charge in [0.1, 0.15) is 7.05 Å². The molecule has 0 saturated heterocycles. The average Bonchev–Trinajstić information content (AvgIpc) is 3.33. The maximum Gasteiger partial charge on any atom is 0.210 e. The monoisotopic (exact) mass is 565 g/mol. The largest absolute Gasteiger partial charge is 0.344 e. The van der Waals surface area contributed by atoms with Crippen LogP contribution in [0, 0.1) is 5.92 Å². The first-order chi connectivity index (χ1) is 20.6. The van der Waals surface area contributed by atoms with Crippen LogP contribution in [-0.4, -0.2) is 23.9 Å². The van der Waals surface area contributed by atoms with Gasteiger partial charge in [0.05, 0.1) is 5.41 Å². The third-order valence-electron chi connectivity index (χ3n) is 9.53. The van der Waals surface area contributed by atoms with E-state index in [2.05, 4.69) is 173 Å². The van der Waals surface area contributed by atoms with Crippen LogP contribution in [-0.2, 0) is 10.8 Å². The van der Waals surface area contributed by atoms with Crippen molar-refractivity contribution in [3.05, 3.63) is 132 Å². The number of hydrogen-bond donors (Lipinski definition) is 0. The highest BCUT2D eigenvalue weighted by molar-refractivity contribution is 6.07. The van der Waals surface area contributed by atoms with Gasteiger partial charge in [-0.2, -0.15) is 4.58 Å². The van der Waals surface area contributed by atoms with E-state index in [1.165, 1.54) is 55.5 Å². The molecule has 0 amide bonds. The number of nitrogens with zero attached hydrogens (tertiary/aromatic N) is 2. The van der Waals surface area contributed by atoms with Crippen LogP contribution >= 0.6 is 0 Å². The lowest BCUT2D eigenvalue weighted by Crippen LogP contribution is -2.27. The van der Waals surface area contributed by atoms with Gasteiger partial charge in [-0.1, -0.05) is 113 Å². The van der Waals surface area contributed by atoms with Crippen LogP contribution in [0.3, 0.4) is 0 Å². The highest BCUT2D eigenvalue weighted by atomic mass is 15.2. The molecule has 0 fully saturated rings. The zero-order chi connectivity index (χ0) is 30.4. The molecular formula is C41H45N2+. The Bertz CT molecular complexity index is 1860. The number of benzene rings is 4. The van der Waals surface area contributed by atoms with Crippen molar-refractivity contribution in [1.29, 1.82) is 0 Å². The summed E-state index contributed by atoms with van der Waals surface area (Å²) in [6.07, 6.45) is 16.6. The van der Waals surface area contributed by atoms with Crippen LogP contribution in [0.1, 0.15) is 59.1 Å². The molecular weight excluding hydrogens is 520 g/mol. The molecule has 2 aliphatic heterocycles. The molecule has 0 unspecified atom stereocenters. The van der Waals surface area contributed by atoms with Gasteiger partial charge in [-0.3, -0.25) is 0 Å². The molecule has 0 N–H and O–H groups in total. The van der Waals surface area contributed by atoms with Crippen molar-refractivity contribution in [2.45, 2.75) is 58.8 Å². The Hall–Kier alpha value is -4.17. The Kier molecular flexibility index (Phi) is 7.50. The van der Waals surface area contributed by atoms with Crippen LogP contribution in [0.4, 0.5) is 11.4 Å². The van der Waals surface area contributed by atoms with Crippen LogP contribution < -0.4 is 4.90 Å². The zero-order valence-electron chi connectivity index (χ0n) is 26.9. The van der Waals surface area contributed by atoms with E-state index in [1.54, 1.807) is 0 Å². The number of allylic oxidation sites excluding steroid dienone is 8. The molecule has 2 heterocycles. The van der Waals surface area contributed by atoms with Crippen LogP contribution in [0.15, 0.2) is 121 Å². The molecule has 218 valence electrons.